The Morgan fingerprint density at radius 3 is 2.14 bits per heavy atom. The minimum absolute atomic E-state index is 0.0104. The van der Waals surface area contributed by atoms with Gasteiger partial charge in [-0.3, -0.25) is 0 Å². The minimum atomic E-state index is -2.41. The van der Waals surface area contributed by atoms with E-state index in [1.54, 1.807) is 11.3 Å². The van der Waals surface area contributed by atoms with Crippen LogP contribution in [0.5, 0.6) is 0 Å². The van der Waals surface area contributed by atoms with Crippen molar-refractivity contribution in [1.29, 1.82) is 10.5 Å². The SMILES string of the molecule is CC(C)(C)c1ccc2c(c1)c1cc(C(C)(C)C)cc3c1n2[B-](C#N)(C#N)[n+]1c-3sc2ccccc21. The van der Waals surface area contributed by atoms with E-state index in [1.165, 1.54) is 11.1 Å². The first-order valence-corrected chi connectivity index (χ1v) is 12.9. The maximum absolute atomic E-state index is 10.7. The first-order valence-electron chi connectivity index (χ1n) is 12.1. The molecule has 0 bridgehead atoms. The largest absolute Gasteiger partial charge is 0.571 e. The van der Waals surface area contributed by atoms with E-state index in [4.69, 9.17) is 0 Å². The summed E-state index contributed by atoms with van der Waals surface area (Å²) in [5, 5.41) is 24.6. The predicted molar refractivity (Wildman–Crippen MR) is 146 cm³/mol. The van der Waals surface area contributed by atoms with Crippen LogP contribution in [0.15, 0.2) is 54.6 Å². The van der Waals surface area contributed by atoms with Gasteiger partial charge >= 0.3 is 6.42 Å². The van der Waals surface area contributed by atoms with Gasteiger partial charge in [0.2, 0.25) is 5.01 Å². The molecule has 0 unspecified atom stereocenters. The van der Waals surface area contributed by atoms with Gasteiger partial charge in [0.1, 0.15) is 0 Å². The number of nitrogens with zero attached hydrogens (tertiary/aromatic N) is 4. The second-order valence-electron chi connectivity index (χ2n) is 11.8. The highest BCUT2D eigenvalue weighted by Gasteiger charge is 2.50. The van der Waals surface area contributed by atoms with Crippen molar-refractivity contribution >= 4 is 49.8 Å². The van der Waals surface area contributed by atoms with Crippen LogP contribution >= 0.6 is 11.3 Å². The number of hydrogen-bond donors (Lipinski definition) is 0. The third-order valence-electron chi connectivity index (χ3n) is 7.52. The van der Waals surface area contributed by atoms with Crippen molar-refractivity contribution in [3.05, 3.63) is 65.7 Å². The van der Waals surface area contributed by atoms with Crippen LogP contribution in [0.2, 0.25) is 0 Å². The lowest BCUT2D eigenvalue weighted by Crippen LogP contribution is -2.70. The summed E-state index contributed by atoms with van der Waals surface area (Å²) in [6.45, 7) is 13.4. The van der Waals surface area contributed by atoms with Gasteiger partial charge in [0, 0.05) is 27.9 Å². The Labute approximate surface area is 209 Å². The fourth-order valence-corrected chi connectivity index (χ4v) is 6.81. The molecule has 0 fully saturated rings. The molecule has 0 saturated heterocycles. The molecule has 0 radical (unpaired) electrons. The maximum Gasteiger partial charge on any atom is 0.571 e. The van der Waals surface area contributed by atoms with Gasteiger partial charge in [0.25, 0.3) is 0 Å². The second kappa shape index (κ2) is 6.75. The number of para-hydroxylation sites is 1. The molecule has 1 aliphatic rings. The number of nitriles is 2. The van der Waals surface area contributed by atoms with Crippen molar-refractivity contribution in [2.45, 2.75) is 52.4 Å². The fourth-order valence-electron chi connectivity index (χ4n) is 5.57. The summed E-state index contributed by atoms with van der Waals surface area (Å²) < 4.78 is 5.15. The Morgan fingerprint density at radius 1 is 0.829 bits per heavy atom. The van der Waals surface area contributed by atoms with Crippen LogP contribution in [-0.4, -0.2) is 10.9 Å². The topological polar surface area (TPSA) is 56.4 Å². The molecule has 1 aliphatic heterocycles. The van der Waals surface area contributed by atoms with E-state index < -0.39 is 6.42 Å². The molecule has 0 spiro atoms. The standard InChI is InChI=1S/C29H27BN4S/c1-28(2,3)18-11-12-23-20(13-18)21-14-19(29(4,5)6)15-22-26(21)33(23)30(16-31,17-32)34-24-9-7-8-10-25(24)35-27(22)34/h7-15H,1-6H3. The zero-order chi connectivity index (χ0) is 24.9. The summed E-state index contributed by atoms with van der Waals surface area (Å²) in [7, 11) is 0. The second-order valence-corrected chi connectivity index (χ2v) is 12.8. The summed E-state index contributed by atoms with van der Waals surface area (Å²) in [4.78, 5) is 0. The average Bonchev–Trinajstić information content (AvgIpc) is 3.37. The number of thiazole rings is 1. The number of aromatic nitrogens is 2. The van der Waals surface area contributed by atoms with Crippen LogP contribution in [0.1, 0.15) is 52.7 Å². The molecule has 2 aromatic heterocycles. The van der Waals surface area contributed by atoms with Gasteiger partial charge in [-0.25, -0.2) is 10.5 Å². The molecule has 35 heavy (non-hydrogen) atoms. The lowest BCUT2D eigenvalue weighted by atomic mass is 9.47. The molecule has 3 aromatic carbocycles. The third kappa shape index (κ3) is 2.75. The molecular formula is C29H27BN4S. The summed E-state index contributed by atoms with van der Waals surface area (Å²) in [5.41, 5.74) is 6.40. The van der Waals surface area contributed by atoms with Crippen LogP contribution in [0.25, 0.3) is 42.6 Å². The van der Waals surface area contributed by atoms with E-state index in [0.717, 1.165) is 42.6 Å². The Kier molecular flexibility index (Phi) is 4.22. The Bertz CT molecular complexity index is 1780. The van der Waals surface area contributed by atoms with Gasteiger partial charge in [-0.05, 0) is 64.2 Å². The molecule has 6 heteroatoms. The highest BCUT2D eigenvalue weighted by atomic mass is 32.1. The van der Waals surface area contributed by atoms with Gasteiger partial charge in [-0.15, -0.1) is 0 Å². The number of hydrogen-bond acceptors (Lipinski definition) is 3. The highest BCUT2D eigenvalue weighted by molar-refractivity contribution is 7.21. The Balaban J connectivity index is 1.91. The lowest BCUT2D eigenvalue weighted by molar-refractivity contribution is -0.498. The molecule has 4 nitrogen and oxygen atoms in total. The minimum Gasteiger partial charge on any atom is -0.428 e. The van der Waals surface area contributed by atoms with Gasteiger partial charge < -0.3 is 8.96 Å². The van der Waals surface area contributed by atoms with Crippen molar-refractivity contribution in [3.8, 4) is 22.5 Å². The molecule has 6 rings (SSSR count). The lowest BCUT2D eigenvalue weighted by Gasteiger charge is -2.31. The molecule has 0 N–H and O–H groups in total. The number of fused-ring (bicyclic) bond motifs is 7. The zero-order valence-electron chi connectivity index (χ0n) is 21.0. The van der Waals surface area contributed by atoms with E-state index in [0.29, 0.717) is 0 Å². The highest BCUT2D eigenvalue weighted by Crippen LogP contribution is 2.45. The average molecular weight is 474 g/mol. The zero-order valence-corrected chi connectivity index (χ0v) is 21.8. The Morgan fingerprint density at radius 2 is 1.49 bits per heavy atom. The molecule has 0 saturated carbocycles. The van der Waals surface area contributed by atoms with E-state index in [2.05, 4.69) is 89.9 Å². The Hall–Kier alpha value is -3.61. The summed E-state index contributed by atoms with van der Waals surface area (Å²) in [6.07, 6.45) is -2.41. The third-order valence-corrected chi connectivity index (χ3v) is 8.69. The molecule has 172 valence electrons. The van der Waals surface area contributed by atoms with Crippen LogP contribution in [0.3, 0.4) is 0 Å². The van der Waals surface area contributed by atoms with E-state index in [9.17, 15) is 10.5 Å². The summed E-state index contributed by atoms with van der Waals surface area (Å²) >= 11 is 1.67. The van der Waals surface area contributed by atoms with E-state index >= 15 is 0 Å². The molecule has 0 aliphatic carbocycles. The molecule has 0 amide bonds. The van der Waals surface area contributed by atoms with E-state index in [-0.39, 0.29) is 10.8 Å². The first-order chi connectivity index (χ1) is 16.5. The van der Waals surface area contributed by atoms with Gasteiger partial charge in [-0.2, -0.15) is 0 Å². The van der Waals surface area contributed by atoms with Crippen LogP contribution in [-0.2, 0) is 10.8 Å². The summed E-state index contributed by atoms with van der Waals surface area (Å²) in [5.74, 6) is 5.01. The fraction of sp³-hybridized carbons (Fsp3) is 0.276. The van der Waals surface area contributed by atoms with Gasteiger partial charge in [-0.1, -0.05) is 71.1 Å². The van der Waals surface area contributed by atoms with Crippen molar-refractivity contribution in [1.82, 2.24) is 4.48 Å². The van der Waals surface area contributed by atoms with Crippen molar-refractivity contribution in [2.75, 3.05) is 0 Å². The molecule has 5 aromatic rings. The number of benzene rings is 3. The van der Waals surface area contributed by atoms with Crippen molar-refractivity contribution in [2.24, 2.45) is 0 Å². The smallest absolute Gasteiger partial charge is 0.428 e. The summed E-state index contributed by atoms with van der Waals surface area (Å²) in [6, 6.07) is 19.2. The van der Waals surface area contributed by atoms with Crippen molar-refractivity contribution < 1.29 is 4.48 Å². The molecule has 0 atom stereocenters. The molecular weight excluding hydrogens is 447 g/mol. The van der Waals surface area contributed by atoms with Gasteiger partial charge in [0.05, 0.1) is 10.3 Å². The van der Waals surface area contributed by atoms with Crippen LogP contribution < -0.4 is 4.48 Å². The quantitative estimate of drug-likeness (QED) is 0.231. The first kappa shape index (κ1) is 21.9. The van der Waals surface area contributed by atoms with Gasteiger partial charge in [0.15, 0.2) is 5.52 Å². The normalized spacial score (nSPS) is 14.7. The monoisotopic (exact) mass is 474 g/mol. The maximum atomic E-state index is 10.7. The van der Waals surface area contributed by atoms with Crippen LogP contribution in [0, 0.1) is 22.5 Å². The van der Waals surface area contributed by atoms with Crippen molar-refractivity contribution in [3.63, 3.8) is 0 Å². The van der Waals surface area contributed by atoms with Crippen LogP contribution in [0.4, 0.5) is 0 Å². The molecule has 3 heterocycles. The number of rotatable bonds is 0. The predicted octanol–water partition coefficient (Wildman–Crippen LogP) is 6.84. The van der Waals surface area contributed by atoms with E-state index in [1.807, 2.05) is 27.2 Å².